The van der Waals surface area contributed by atoms with Crippen molar-refractivity contribution in [3.05, 3.63) is 18.2 Å². The van der Waals surface area contributed by atoms with E-state index in [0.29, 0.717) is 0 Å². The zero-order valence-corrected chi connectivity index (χ0v) is 5.67. The van der Waals surface area contributed by atoms with Crippen molar-refractivity contribution in [1.29, 1.82) is 0 Å². The van der Waals surface area contributed by atoms with E-state index in [4.69, 9.17) is 5.84 Å². The lowest BCUT2D eigenvalue weighted by atomic mass is 10.6. The van der Waals surface area contributed by atoms with E-state index in [-0.39, 0.29) is 12.4 Å². The van der Waals surface area contributed by atoms with Gasteiger partial charge in [0.1, 0.15) is 5.82 Å². The van der Waals surface area contributed by atoms with Gasteiger partial charge in [-0.05, 0) is 0 Å². The molecule has 1 heterocycles. The van der Waals surface area contributed by atoms with Crippen LogP contribution in [0.15, 0.2) is 12.4 Å². The average molecular weight is 162 g/mol. The molecule has 62 valence electrons. The van der Waals surface area contributed by atoms with E-state index in [0.717, 1.165) is 4.57 Å². The minimum absolute atomic E-state index is 0.136. The van der Waals surface area contributed by atoms with E-state index in [9.17, 15) is 8.78 Å². The minimum Gasteiger partial charge on any atom is -0.277 e. The SMILES string of the molecule is NNCc1nccn1C(F)F. The molecule has 0 bridgehead atoms. The lowest BCUT2D eigenvalue weighted by molar-refractivity contribution is 0.0666. The van der Waals surface area contributed by atoms with Gasteiger partial charge in [-0.3, -0.25) is 15.8 Å². The summed E-state index contributed by atoms with van der Waals surface area (Å²) in [5, 5.41) is 0. The Bertz CT molecular complexity index is 222. The van der Waals surface area contributed by atoms with Crippen molar-refractivity contribution in [1.82, 2.24) is 15.0 Å². The molecule has 3 N–H and O–H groups in total. The fraction of sp³-hybridized carbons (Fsp3) is 0.400. The predicted octanol–water partition coefficient (Wildman–Crippen LogP) is 0.241. The Hall–Kier alpha value is -1.01. The highest BCUT2D eigenvalue weighted by atomic mass is 19.3. The highest BCUT2D eigenvalue weighted by molar-refractivity contribution is 4.91. The van der Waals surface area contributed by atoms with Gasteiger partial charge in [-0.2, -0.15) is 8.78 Å². The highest BCUT2D eigenvalue weighted by Crippen LogP contribution is 2.11. The van der Waals surface area contributed by atoms with Crippen LogP contribution >= 0.6 is 0 Å². The molecular formula is C5H8F2N4. The maximum absolute atomic E-state index is 12.0. The van der Waals surface area contributed by atoms with Crippen LogP contribution in [0.5, 0.6) is 0 Å². The van der Waals surface area contributed by atoms with Crippen LogP contribution in [0.1, 0.15) is 12.4 Å². The Balaban J connectivity index is 2.78. The summed E-state index contributed by atoms with van der Waals surface area (Å²) in [6.45, 7) is -2.42. The maximum atomic E-state index is 12.0. The molecule has 1 aromatic heterocycles. The van der Waals surface area contributed by atoms with Crippen molar-refractivity contribution in [2.45, 2.75) is 13.1 Å². The number of hydrazine groups is 1. The first-order valence-electron chi connectivity index (χ1n) is 2.99. The van der Waals surface area contributed by atoms with E-state index in [2.05, 4.69) is 10.4 Å². The van der Waals surface area contributed by atoms with Crippen LogP contribution in [-0.2, 0) is 6.54 Å². The van der Waals surface area contributed by atoms with Gasteiger partial charge < -0.3 is 0 Å². The first-order valence-corrected chi connectivity index (χ1v) is 2.99. The summed E-state index contributed by atoms with van der Waals surface area (Å²) >= 11 is 0. The Morgan fingerprint density at radius 1 is 1.73 bits per heavy atom. The number of halogens is 2. The number of imidazole rings is 1. The van der Waals surface area contributed by atoms with E-state index in [1.165, 1.54) is 12.4 Å². The highest BCUT2D eigenvalue weighted by Gasteiger charge is 2.09. The minimum atomic E-state index is -2.55. The zero-order valence-electron chi connectivity index (χ0n) is 5.67. The lowest BCUT2D eigenvalue weighted by Crippen LogP contribution is -2.23. The van der Waals surface area contributed by atoms with Crippen LogP contribution in [0.25, 0.3) is 0 Å². The normalized spacial score (nSPS) is 10.9. The monoisotopic (exact) mass is 162 g/mol. The van der Waals surface area contributed by atoms with Crippen molar-refractivity contribution >= 4 is 0 Å². The molecule has 0 spiro atoms. The fourth-order valence-electron chi connectivity index (χ4n) is 0.750. The maximum Gasteiger partial charge on any atom is 0.319 e. The molecule has 0 fully saturated rings. The number of hydrogen-bond acceptors (Lipinski definition) is 3. The number of hydrogen-bond donors (Lipinski definition) is 2. The number of aromatic nitrogens is 2. The topological polar surface area (TPSA) is 55.9 Å². The second-order valence-electron chi connectivity index (χ2n) is 1.91. The first kappa shape index (κ1) is 8.09. The summed E-state index contributed by atoms with van der Waals surface area (Å²) in [5.41, 5.74) is 2.25. The largest absolute Gasteiger partial charge is 0.319 e. The molecule has 6 heteroatoms. The van der Waals surface area contributed by atoms with Crippen LogP contribution in [0.4, 0.5) is 8.78 Å². The number of nitrogens with one attached hydrogen (secondary N) is 1. The van der Waals surface area contributed by atoms with Gasteiger partial charge in [0.05, 0.1) is 6.54 Å². The molecule has 0 unspecified atom stereocenters. The van der Waals surface area contributed by atoms with Crippen LogP contribution in [0.3, 0.4) is 0 Å². The van der Waals surface area contributed by atoms with Crippen molar-refractivity contribution in [3.8, 4) is 0 Å². The Kier molecular flexibility index (Phi) is 2.50. The molecule has 1 rings (SSSR count). The molecular weight excluding hydrogens is 154 g/mol. The predicted molar refractivity (Wildman–Crippen MR) is 34.5 cm³/mol. The van der Waals surface area contributed by atoms with Crippen molar-refractivity contribution in [2.75, 3.05) is 0 Å². The van der Waals surface area contributed by atoms with Crippen LogP contribution in [-0.4, -0.2) is 9.55 Å². The number of nitrogens with two attached hydrogens (primary N) is 1. The second kappa shape index (κ2) is 3.40. The number of rotatable bonds is 3. The molecule has 0 radical (unpaired) electrons. The molecule has 0 aliphatic carbocycles. The molecule has 0 aliphatic heterocycles. The summed E-state index contributed by atoms with van der Waals surface area (Å²) < 4.78 is 24.8. The Morgan fingerprint density at radius 3 is 3.00 bits per heavy atom. The molecule has 0 atom stereocenters. The average Bonchev–Trinajstić information content (AvgIpc) is 2.36. The van der Waals surface area contributed by atoms with Gasteiger partial charge in [0.15, 0.2) is 0 Å². The van der Waals surface area contributed by atoms with Gasteiger partial charge in [0.25, 0.3) is 0 Å². The van der Waals surface area contributed by atoms with Crippen LogP contribution in [0.2, 0.25) is 0 Å². The third kappa shape index (κ3) is 1.72. The smallest absolute Gasteiger partial charge is 0.277 e. The van der Waals surface area contributed by atoms with Crippen molar-refractivity contribution in [2.24, 2.45) is 5.84 Å². The summed E-state index contributed by atoms with van der Waals surface area (Å²) in [7, 11) is 0. The van der Waals surface area contributed by atoms with E-state index in [1.807, 2.05) is 0 Å². The molecule has 0 amide bonds. The van der Waals surface area contributed by atoms with Crippen LogP contribution in [0, 0.1) is 0 Å². The van der Waals surface area contributed by atoms with Crippen molar-refractivity contribution in [3.63, 3.8) is 0 Å². The number of nitrogens with zero attached hydrogens (tertiary/aromatic N) is 2. The van der Waals surface area contributed by atoms with Gasteiger partial charge in [0.2, 0.25) is 0 Å². The lowest BCUT2D eigenvalue weighted by Gasteiger charge is -2.04. The zero-order chi connectivity index (χ0) is 8.27. The summed E-state index contributed by atoms with van der Waals surface area (Å²) in [5.74, 6) is 5.17. The standard InChI is InChI=1S/C5H8F2N4/c6-5(7)11-2-1-9-4(11)3-10-8/h1-2,5,10H,3,8H2. The molecule has 0 aromatic carbocycles. The molecule has 4 nitrogen and oxygen atoms in total. The van der Waals surface area contributed by atoms with E-state index in [1.54, 1.807) is 0 Å². The Morgan fingerprint density at radius 2 is 2.45 bits per heavy atom. The summed E-state index contributed by atoms with van der Waals surface area (Å²) in [6.07, 6.45) is 2.51. The van der Waals surface area contributed by atoms with Gasteiger partial charge in [-0.25, -0.2) is 4.98 Å². The Labute approximate surface area is 62.0 Å². The third-order valence-corrected chi connectivity index (χ3v) is 1.22. The number of alkyl halides is 2. The van der Waals surface area contributed by atoms with Crippen LogP contribution < -0.4 is 11.3 Å². The van der Waals surface area contributed by atoms with Gasteiger partial charge in [-0.1, -0.05) is 0 Å². The van der Waals surface area contributed by atoms with Crippen molar-refractivity contribution < 1.29 is 8.78 Å². The van der Waals surface area contributed by atoms with E-state index >= 15 is 0 Å². The summed E-state index contributed by atoms with van der Waals surface area (Å²) in [4.78, 5) is 3.67. The summed E-state index contributed by atoms with van der Waals surface area (Å²) in [6, 6.07) is 0. The first-order chi connectivity index (χ1) is 5.25. The fourth-order valence-corrected chi connectivity index (χ4v) is 0.750. The van der Waals surface area contributed by atoms with E-state index < -0.39 is 6.55 Å². The molecule has 0 saturated carbocycles. The molecule has 11 heavy (non-hydrogen) atoms. The molecule has 0 saturated heterocycles. The van der Waals surface area contributed by atoms with Gasteiger partial charge >= 0.3 is 6.55 Å². The quantitative estimate of drug-likeness (QED) is 0.494. The third-order valence-electron chi connectivity index (χ3n) is 1.22. The molecule has 0 aliphatic rings. The second-order valence-corrected chi connectivity index (χ2v) is 1.91. The van der Waals surface area contributed by atoms with Gasteiger partial charge in [-0.15, -0.1) is 0 Å². The van der Waals surface area contributed by atoms with Gasteiger partial charge in [0, 0.05) is 12.4 Å². The molecule has 1 aromatic rings.